The largest absolute Gasteiger partial charge is 0.402 e. The van der Waals surface area contributed by atoms with E-state index in [-0.39, 0.29) is 30.9 Å². The molecule has 3 aromatic rings. The average molecular weight is 484 g/mol. The summed E-state index contributed by atoms with van der Waals surface area (Å²) in [6.07, 6.45) is 1.96. The van der Waals surface area contributed by atoms with Gasteiger partial charge in [0, 0.05) is 67.5 Å². The summed E-state index contributed by atoms with van der Waals surface area (Å²) < 4.78 is 48.2. The molecule has 0 saturated carbocycles. The smallest absolute Gasteiger partial charge is 0.323 e. The number of amides is 1. The highest BCUT2D eigenvalue weighted by molar-refractivity contribution is 6.00. The van der Waals surface area contributed by atoms with Gasteiger partial charge in [0.05, 0.1) is 11.3 Å². The number of hydrogen-bond acceptors (Lipinski definition) is 6. The number of likely N-dealkylation sites (tertiary alicyclic amines) is 1. The molecule has 2 atom stereocenters. The lowest BCUT2D eigenvalue weighted by atomic mass is 9.88. The molecule has 0 spiro atoms. The van der Waals surface area contributed by atoms with Crippen molar-refractivity contribution in [2.24, 2.45) is 0 Å². The zero-order valence-corrected chi connectivity index (χ0v) is 19.0. The van der Waals surface area contributed by atoms with Gasteiger partial charge in [-0.15, -0.1) is 0 Å². The maximum absolute atomic E-state index is 15.7. The second-order valence-electron chi connectivity index (χ2n) is 9.21. The molecule has 1 fully saturated rings. The van der Waals surface area contributed by atoms with Crippen molar-refractivity contribution < 1.29 is 22.7 Å². The van der Waals surface area contributed by atoms with Crippen LogP contribution in [0, 0.1) is 12.7 Å². The van der Waals surface area contributed by atoms with Crippen LogP contribution in [0.25, 0.3) is 11.3 Å². The van der Waals surface area contributed by atoms with Crippen molar-refractivity contribution in [2.75, 3.05) is 19.6 Å². The standard InChI is InChI=1S/C24H23F3N6O2/c1-11-13(8-33-9-15(25)16(26)10-33)7-30-24(31-11)35-23-20(27)18-12(6-29-23)2-3-14-19-17(32-21(14)18)4-5-28-22(19)34/h6-7,15-16,32H,2-5,8-10H2,1H3,(H,28,34). The molecule has 8 nitrogen and oxygen atoms in total. The fraction of sp³-hybridized carbons (Fsp3) is 0.417. The number of alkyl halides is 2. The minimum absolute atomic E-state index is 0.0228. The van der Waals surface area contributed by atoms with Crippen LogP contribution in [0.2, 0.25) is 0 Å². The molecule has 3 aliphatic rings. The molecule has 1 saturated heterocycles. The highest BCUT2D eigenvalue weighted by Gasteiger charge is 2.34. The zero-order chi connectivity index (χ0) is 24.3. The van der Waals surface area contributed by atoms with Gasteiger partial charge in [0.1, 0.15) is 12.3 Å². The first-order valence-electron chi connectivity index (χ1n) is 11.6. The Kier molecular flexibility index (Phi) is 5.24. The fourth-order valence-corrected chi connectivity index (χ4v) is 5.13. The SMILES string of the molecule is Cc1nc(Oc2ncc3c(c2F)-c2[nH]c4c(c2CC3)C(=O)NCC4)ncc1CN1CC(F)C(F)C1. The van der Waals surface area contributed by atoms with Crippen molar-refractivity contribution in [1.82, 2.24) is 30.2 Å². The van der Waals surface area contributed by atoms with Crippen LogP contribution in [0.3, 0.4) is 0 Å². The average Bonchev–Trinajstić information content (AvgIpc) is 3.37. The van der Waals surface area contributed by atoms with Gasteiger partial charge < -0.3 is 15.0 Å². The lowest BCUT2D eigenvalue weighted by Gasteiger charge is -2.19. The van der Waals surface area contributed by atoms with Gasteiger partial charge in [0.15, 0.2) is 5.82 Å². The van der Waals surface area contributed by atoms with Gasteiger partial charge in [-0.05, 0) is 30.9 Å². The van der Waals surface area contributed by atoms with E-state index in [9.17, 15) is 13.6 Å². The van der Waals surface area contributed by atoms with Crippen LogP contribution in [0.4, 0.5) is 13.2 Å². The minimum Gasteiger partial charge on any atom is -0.402 e. The minimum atomic E-state index is -1.49. The topological polar surface area (TPSA) is 96.0 Å². The molecule has 2 N–H and O–H groups in total. The van der Waals surface area contributed by atoms with Crippen molar-refractivity contribution in [2.45, 2.75) is 45.1 Å². The number of nitrogens with one attached hydrogen (secondary N) is 2. The summed E-state index contributed by atoms with van der Waals surface area (Å²) in [5, 5.41) is 2.85. The van der Waals surface area contributed by atoms with Crippen LogP contribution in [-0.4, -0.2) is 62.7 Å². The first-order chi connectivity index (χ1) is 16.9. The second kappa shape index (κ2) is 8.33. The lowest BCUT2D eigenvalue weighted by molar-refractivity contribution is 0.0945. The van der Waals surface area contributed by atoms with Crippen LogP contribution < -0.4 is 10.1 Å². The van der Waals surface area contributed by atoms with Crippen molar-refractivity contribution in [3.05, 3.63) is 51.9 Å². The van der Waals surface area contributed by atoms with Crippen LogP contribution >= 0.6 is 0 Å². The number of hydrogen-bond donors (Lipinski definition) is 2. The zero-order valence-electron chi connectivity index (χ0n) is 19.0. The summed E-state index contributed by atoms with van der Waals surface area (Å²) in [6.45, 7) is 2.63. The molecule has 182 valence electrons. The first-order valence-corrected chi connectivity index (χ1v) is 11.6. The molecule has 0 bridgehead atoms. The van der Waals surface area contributed by atoms with Gasteiger partial charge in [-0.25, -0.2) is 23.1 Å². The number of fused-ring (bicyclic) bond motifs is 5. The van der Waals surface area contributed by atoms with Gasteiger partial charge in [-0.1, -0.05) is 0 Å². The summed E-state index contributed by atoms with van der Waals surface area (Å²) in [5.74, 6) is -1.05. The van der Waals surface area contributed by atoms with E-state index in [2.05, 4.69) is 25.3 Å². The Morgan fingerprint density at radius 3 is 2.69 bits per heavy atom. The quantitative estimate of drug-likeness (QED) is 0.591. The fourth-order valence-electron chi connectivity index (χ4n) is 5.13. The van der Waals surface area contributed by atoms with E-state index >= 15 is 4.39 Å². The van der Waals surface area contributed by atoms with E-state index in [1.165, 1.54) is 6.20 Å². The Hall–Kier alpha value is -3.47. The van der Waals surface area contributed by atoms with Gasteiger partial charge in [0.25, 0.3) is 11.8 Å². The number of aromatic nitrogens is 4. The Bertz CT molecular complexity index is 1330. The predicted octanol–water partition coefficient (Wildman–Crippen LogP) is 2.98. The Morgan fingerprint density at radius 2 is 1.91 bits per heavy atom. The molecule has 2 aliphatic heterocycles. The Morgan fingerprint density at radius 1 is 1.11 bits per heavy atom. The second-order valence-corrected chi connectivity index (χ2v) is 9.21. The molecule has 5 heterocycles. The van der Waals surface area contributed by atoms with Crippen molar-refractivity contribution in [3.8, 4) is 23.1 Å². The number of aryl methyl sites for hydroxylation is 2. The van der Waals surface area contributed by atoms with Crippen molar-refractivity contribution in [3.63, 3.8) is 0 Å². The number of H-pyrrole nitrogens is 1. The van der Waals surface area contributed by atoms with E-state index in [0.29, 0.717) is 60.4 Å². The van der Waals surface area contributed by atoms with E-state index < -0.39 is 18.2 Å². The lowest BCUT2D eigenvalue weighted by Crippen LogP contribution is -2.32. The van der Waals surface area contributed by atoms with E-state index in [0.717, 1.165) is 16.8 Å². The molecule has 11 heteroatoms. The summed E-state index contributed by atoms with van der Waals surface area (Å²) in [5.41, 5.74) is 5.18. The summed E-state index contributed by atoms with van der Waals surface area (Å²) in [7, 11) is 0. The molecular formula is C24H23F3N6O2. The third kappa shape index (κ3) is 3.74. The summed E-state index contributed by atoms with van der Waals surface area (Å²) in [4.78, 5) is 29.9. The van der Waals surface area contributed by atoms with E-state index in [1.807, 2.05) is 0 Å². The number of nitrogens with zero attached hydrogens (tertiary/aromatic N) is 4. The van der Waals surface area contributed by atoms with Crippen molar-refractivity contribution >= 4 is 5.91 Å². The number of ether oxygens (including phenoxy) is 1. The molecule has 2 unspecified atom stereocenters. The van der Waals surface area contributed by atoms with Gasteiger partial charge >= 0.3 is 6.01 Å². The maximum atomic E-state index is 15.7. The monoisotopic (exact) mass is 484 g/mol. The first kappa shape index (κ1) is 22.0. The molecule has 35 heavy (non-hydrogen) atoms. The van der Waals surface area contributed by atoms with E-state index in [1.54, 1.807) is 18.0 Å². The highest BCUT2D eigenvalue weighted by Crippen LogP contribution is 2.40. The van der Waals surface area contributed by atoms with Gasteiger partial charge in [-0.2, -0.15) is 4.98 Å². The Labute approximate surface area is 198 Å². The van der Waals surface area contributed by atoms with Gasteiger partial charge in [0.2, 0.25) is 0 Å². The molecule has 1 amide bonds. The molecule has 0 aromatic carbocycles. The van der Waals surface area contributed by atoms with Crippen LogP contribution in [0.15, 0.2) is 12.4 Å². The number of rotatable bonds is 4. The maximum Gasteiger partial charge on any atom is 0.323 e. The number of aromatic amines is 1. The van der Waals surface area contributed by atoms with E-state index in [4.69, 9.17) is 4.74 Å². The number of halogens is 3. The molecular weight excluding hydrogens is 461 g/mol. The summed E-state index contributed by atoms with van der Waals surface area (Å²) in [6, 6.07) is -0.0769. The third-order valence-electron chi connectivity index (χ3n) is 6.93. The molecule has 0 radical (unpaired) electrons. The number of carbonyl (C=O) groups excluding carboxylic acids is 1. The van der Waals surface area contributed by atoms with Crippen LogP contribution in [-0.2, 0) is 25.8 Å². The highest BCUT2D eigenvalue weighted by atomic mass is 19.2. The third-order valence-corrected chi connectivity index (χ3v) is 6.93. The number of carbonyl (C=O) groups is 1. The number of pyridine rings is 1. The molecule has 6 rings (SSSR count). The normalized spacial score (nSPS) is 21.3. The Balaban J connectivity index is 1.27. The van der Waals surface area contributed by atoms with Gasteiger partial charge in [-0.3, -0.25) is 9.69 Å². The molecule has 1 aliphatic carbocycles. The van der Waals surface area contributed by atoms with Crippen LogP contribution in [0.5, 0.6) is 11.9 Å². The van der Waals surface area contributed by atoms with Crippen molar-refractivity contribution in [1.29, 1.82) is 0 Å². The predicted molar refractivity (Wildman–Crippen MR) is 119 cm³/mol. The summed E-state index contributed by atoms with van der Waals surface area (Å²) >= 11 is 0. The molecule has 3 aromatic heterocycles. The van der Waals surface area contributed by atoms with Crippen LogP contribution in [0.1, 0.15) is 38.4 Å².